The first-order valence-electron chi connectivity index (χ1n) is 10.4. The maximum Gasteiger partial charge on any atom is 0.119 e. The summed E-state index contributed by atoms with van der Waals surface area (Å²) in [6.45, 7) is 2.12. The number of anilines is 2. The summed E-state index contributed by atoms with van der Waals surface area (Å²) in [5, 5.41) is 12.6. The van der Waals surface area contributed by atoms with Gasteiger partial charge in [-0.2, -0.15) is 5.10 Å². The number of nitrogens with zero attached hydrogens (tertiary/aromatic N) is 3. The van der Waals surface area contributed by atoms with E-state index in [0.29, 0.717) is 6.04 Å². The largest absolute Gasteiger partial charge is 0.497 e. The number of piperidine rings is 1. The summed E-state index contributed by atoms with van der Waals surface area (Å²) in [5.74, 6) is 0.842. The van der Waals surface area contributed by atoms with Crippen molar-refractivity contribution in [2.75, 3.05) is 25.5 Å². The number of benzene rings is 2. The van der Waals surface area contributed by atoms with Gasteiger partial charge in [0.1, 0.15) is 5.75 Å². The SMILES string of the molecule is COc1ccc(Nc2ccnc3cc(-c4cnn(C5CCNCC5)c4)ccc23)cc1. The van der Waals surface area contributed by atoms with Crippen LogP contribution in [0.2, 0.25) is 0 Å². The molecule has 0 spiro atoms. The molecule has 0 amide bonds. The lowest BCUT2D eigenvalue weighted by molar-refractivity contribution is 0.343. The molecule has 6 heteroatoms. The van der Waals surface area contributed by atoms with Gasteiger partial charge in [0.25, 0.3) is 0 Å². The maximum atomic E-state index is 5.24. The molecule has 0 atom stereocenters. The summed E-state index contributed by atoms with van der Waals surface area (Å²) in [6.07, 6.45) is 8.22. The summed E-state index contributed by atoms with van der Waals surface area (Å²) in [7, 11) is 1.67. The second-order valence-electron chi connectivity index (χ2n) is 7.63. The number of rotatable bonds is 5. The molecule has 2 aromatic heterocycles. The highest BCUT2D eigenvalue weighted by Gasteiger charge is 2.16. The lowest BCUT2D eigenvalue weighted by atomic mass is 10.1. The quantitative estimate of drug-likeness (QED) is 0.506. The van der Waals surface area contributed by atoms with E-state index in [2.05, 4.69) is 49.8 Å². The Balaban J connectivity index is 1.41. The second-order valence-corrected chi connectivity index (χ2v) is 7.63. The Labute approximate surface area is 175 Å². The molecule has 5 rings (SSSR count). The van der Waals surface area contributed by atoms with Gasteiger partial charge in [-0.3, -0.25) is 9.67 Å². The number of hydrogen-bond donors (Lipinski definition) is 2. The average Bonchev–Trinajstić information content (AvgIpc) is 3.30. The van der Waals surface area contributed by atoms with Gasteiger partial charge in [-0.05, 0) is 67.9 Å². The van der Waals surface area contributed by atoms with E-state index < -0.39 is 0 Å². The van der Waals surface area contributed by atoms with Crippen LogP contribution < -0.4 is 15.4 Å². The third-order valence-electron chi connectivity index (χ3n) is 5.73. The number of pyridine rings is 1. The molecular weight excluding hydrogens is 374 g/mol. The Morgan fingerprint density at radius 2 is 1.87 bits per heavy atom. The molecule has 3 heterocycles. The Morgan fingerprint density at radius 1 is 1.03 bits per heavy atom. The third kappa shape index (κ3) is 3.74. The van der Waals surface area contributed by atoms with Crippen molar-refractivity contribution in [1.82, 2.24) is 20.1 Å². The number of fused-ring (bicyclic) bond motifs is 1. The fourth-order valence-electron chi connectivity index (χ4n) is 4.02. The van der Waals surface area contributed by atoms with Gasteiger partial charge in [0.15, 0.2) is 0 Å². The zero-order valence-corrected chi connectivity index (χ0v) is 17.0. The molecule has 0 aliphatic carbocycles. The highest BCUT2D eigenvalue weighted by Crippen LogP contribution is 2.30. The number of nitrogens with one attached hydrogen (secondary N) is 2. The lowest BCUT2D eigenvalue weighted by Gasteiger charge is -2.22. The molecule has 1 fully saturated rings. The first-order valence-corrected chi connectivity index (χ1v) is 10.4. The fraction of sp³-hybridized carbons (Fsp3) is 0.250. The van der Waals surface area contributed by atoms with Gasteiger partial charge in [0, 0.05) is 34.7 Å². The van der Waals surface area contributed by atoms with Crippen LogP contribution in [-0.4, -0.2) is 35.0 Å². The number of methoxy groups -OCH3 is 1. The van der Waals surface area contributed by atoms with Gasteiger partial charge in [0.05, 0.1) is 24.9 Å². The molecule has 0 radical (unpaired) electrons. The minimum atomic E-state index is 0.485. The smallest absolute Gasteiger partial charge is 0.119 e. The molecule has 1 saturated heterocycles. The Morgan fingerprint density at radius 3 is 2.67 bits per heavy atom. The predicted octanol–water partition coefficient (Wildman–Crippen LogP) is 4.78. The second kappa shape index (κ2) is 8.16. The fourth-order valence-corrected chi connectivity index (χ4v) is 4.02. The summed E-state index contributed by atoms with van der Waals surface area (Å²) in [5.41, 5.74) is 5.26. The van der Waals surface area contributed by atoms with Crippen LogP contribution in [0.5, 0.6) is 5.75 Å². The standard InChI is InChI=1S/C24H25N5O/c1-30-21-5-3-19(4-6-21)28-23-10-13-26-24-14-17(2-7-22(23)24)18-15-27-29(16-18)20-8-11-25-12-9-20/h2-7,10,13-16,20,25H,8-9,11-12H2,1H3,(H,26,28). The summed E-state index contributed by atoms with van der Waals surface area (Å²) in [6, 6.07) is 16.8. The monoisotopic (exact) mass is 399 g/mol. The molecule has 152 valence electrons. The molecular formula is C24H25N5O. The topological polar surface area (TPSA) is 64.0 Å². The highest BCUT2D eigenvalue weighted by molar-refractivity contribution is 5.95. The van der Waals surface area contributed by atoms with Crippen molar-refractivity contribution in [2.24, 2.45) is 0 Å². The minimum Gasteiger partial charge on any atom is -0.497 e. The van der Waals surface area contributed by atoms with E-state index in [9.17, 15) is 0 Å². The van der Waals surface area contributed by atoms with Crippen LogP contribution >= 0.6 is 0 Å². The van der Waals surface area contributed by atoms with Gasteiger partial charge in [-0.25, -0.2) is 0 Å². The van der Waals surface area contributed by atoms with E-state index in [4.69, 9.17) is 4.74 Å². The van der Waals surface area contributed by atoms with Crippen LogP contribution in [0.15, 0.2) is 67.1 Å². The summed E-state index contributed by atoms with van der Waals surface area (Å²) in [4.78, 5) is 4.60. The molecule has 4 aromatic rings. The lowest BCUT2D eigenvalue weighted by Crippen LogP contribution is -2.29. The van der Waals surface area contributed by atoms with Gasteiger partial charge in [0.2, 0.25) is 0 Å². The van der Waals surface area contributed by atoms with E-state index in [1.54, 1.807) is 7.11 Å². The van der Waals surface area contributed by atoms with Crippen LogP contribution in [0.4, 0.5) is 11.4 Å². The predicted molar refractivity (Wildman–Crippen MR) is 120 cm³/mol. The Hall–Kier alpha value is -3.38. The molecule has 0 bridgehead atoms. The van der Waals surface area contributed by atoms with Crippen LogP contribution in [0.3, 0.4) is 0 Å². The molecule has 30 heavy (non-hydrogen) atoms. The van der Waals surface area contributed by atoms with Crippen LogP contribution in [0.1, 0.15) is 18.9 Å². The Bertz CT molecular complexity index is 1150. The average molecular weight is 399 g/mol. The van der Waals surface area contributed by atoms with Gasteiger partial charge in [-0.15, -0.1) is 0 Å². The minimum absolute atomic E-state index is 0.485. The van der Waals surface area contributed by atoms with Crippen LogP contribution in [0.25, 0.3) is 22.0 Å². The van der Waals surface area contributed by atoms with Gasteiger partial charge in [-0.1, -0.05) is 12.1 Å². The van der Waals surface area contributed by atoms with Crippen molar-refractivity contribution < 1.29 is 4.74 Å². The van der Waals surface area contributed by atoms with E-state index in [-0.39, 0.29) is 0 Å². The number of hydrogen-bond acceptors (Lipinski definition) is 5. The molecule has 1 aliphatic rings. The van der Waals surface area contributed by atoms with Crippen molar-refractivity contribution >= 4 is 22.3 Å². The summed E-state index contributed by atoms with van der Waals surface area (Å²) >= 11 is 0. The van der Waals surface area contributed by atoms with Crippen LogP contribution in [-0.2, 0) is 0 Å². The van der Waals surface area contributed by atoms with E-state index in [1.165, 1.54) is 0 Å². The molecule has 0 unspecified atom stereocenters. The van der Waals surface area contributed by atoms with Crippen molar-refractivity contribution in [3.63, 3.8) is 0 Å². The van der Waals surface area contributed by atoms with Gasteiger partial charge >= 0.3 is 0 Å². The zero-order chi connectivity index (χ0) is 20.3. The third-order valence-corrected chi connectivity index (χ3v) is 5.73. The van der Waals surface area contributed by atoms with Crippen molar-refractivity contribution in [1.29, 1.82) is 0 Å². The first-order chi connectivity index (χ1) is 14.8. The number of aromatic nitrogens is 3. The molecule has 2 N–H and O–H groups in total. The highest BCUT2D eigenvalue weighted by atomic mass is 16.5. The van der Waals surface area contributed by atoms with Crippen molar-refractivity contribution in [3.05, 3.63) is 67.1 Å². The number of ether oxygens (including phenoxy) is 1. The van der Waals surface area contributed by atoms with E-state index >= 15 is 0 Å². The first kappa shape index (κ1) is 18.6. The molecule has 0 saturated carbocycles. The van der Waals surface area contributed by atoms with E-state index in [0.717, 1.165) is 65.1 Å². The summed E-state index contributed by atoms with van der Waals surface area (Å²) < 4.78 is 7.36. The molecule has 6 nitrogen and oxygen atoms in total. The Kier molecular flexibility index (Phi) is 5.07. The van der Waals surface area contributed by atoms with Crippen molar-refractivity contribution in [3.8, 4) is 16.9 Å². The van der Waals surface area contributed by atoms with E-state index in [1.807, 2.05) is 42.7 Å². The maximum absolute atomic E-state index is 5.24. The zero-order valence-electron chi connectivity index (χ0n) is 17.0. The molecule has 1 aliphatic heterocycles. The molecule has 2 aromatic carbocycles. The normalized spacial score (nSPS) is 14.7. The van der Waals surface area contributed by atoms with Crippen molar-refractivity contribution in [2.45, 2.75) is 18.9 Å². The van der Waals surface area contributed by atoms with Crippen LogP contribution in [0, 0.1) is 0 Å². The van der Waals surface area contributed by atoms with Gasteiger partial charge < -0.3 is 15.4 Å².